The molecule has 17 heteroatoms. The zero-order valence-electron chi connectivity index (χ0n) is 36.9. The van der Waals surface area contributed by atoms with Crippen LogP contribution in [0.4, 0.5) is 0 Å². The van der Waals surface area contributed by atoms with Crippen LogP contribution >= 0.6 is 37.2 Å². The van der Waals surface area contributed by atoms with Gasteiger partial charge in [0.2, 0.25) is 17.7 Å². The number of halogens is 3. The lowest BCUT2D eigenvalue weighted by Crippen LogP contribution is -2.56. The maximum Gasteiger partial charge on any atom is 0.243 e. The number of nitrogens with zero attached hydrogens (tertiary/aromatic N) is 2. The normalized spacial score (nSPS) is 13.0. The van der Waals surface area contributed by atoms with Gasteiger partial charge in [0, 0.05) is 48.1 Å². The smallest absolute Gasteiger partial charge is 0.243 e. The molecule has 0 bridgehead atoms. The number of carbonyl (C=O) groups excluding carboxylic acids is 3. The van der Waals surface area contributed by atoms with Crippen LogP contribution in [0.25, 0.3) is 10.9 Å². The lowest BCUT2D eigenvalue weighted by Gasteiger charge is -2.27. The van der Waals surface area contributed by atoms with Crippen LogP contribution in [-0.4, -0.2) is 72.4 Å². The van der Waals surface area contributed by atoms with Crippen molar-refractivity contribution in [2.75, 3.05) is 19.6 Å². The highest BCUT2D eigenvalue weighted by Gasteiger charge is 2.34. The van der Waals surface area contributed by atoms with Crippen LogP contribution in [0, 0.1) is 0 Å². The maximum atomic E-state index is 14.6. The molecule has 3 rings (SSSR count). The van der Waals surface area contributed by atoms with Gasteiger partial charge in [0.05, 0.1) is 6.04 Å². The third-order valence-corrected chi connectivity index (χ3v) is 9.92. The first-order valence-electron chi connectivity index (χ1n) is 20.0. The molecule has 3 aromatic rings. The Kier molecular flexibility index (Phi) is 22.6. The van der Waals surface area contributed by atoms with E-state index in [1.54, 1.807) is 0 Å². The fourth-order valence-electron chi connectivity index (χ4n) is 6.71. The van der Waals surface area contributed by atoms with Gasteiger partial charge in [-0.3, -0.25) is 24.4 Å². The van der Waals surface area contributed by atoms with Crippen molar-refractivity contribution in [2.45, 2.75) is 135 Å². The van der Waals surface area contributed by atoms with Crippen molar-refractivity contribution in [2.24, 2.45) is 38.7 Å². The van der Waals surface area contributed by atoms with E-state index in [0.717, 1.165) is 38.9 Å². The minimum absolute atomic E-state index is 0. The minimum Gasteiger partial charge on any atom is -0.370 e. The summed E-state index contributed by atoms with van der Waals surface area (Å²) in [5.74, 6) is -1.47. The van der Waals surface area contributed by atoms with Crippen molar-refractivity contribution in [3.8, 4) is 0 Å². The van der Waals surface area contributed by atoms with Gasteiger partial charge in [-0.15, -0.1) is 37.2 Å². The Morgan fingerprint density at radius 2 is 1.25 bits per heavy atom. The number of hydrogen-bond donors (Lipinski definition) is 9. The SMILES string of the molecule is CC(C)(C)c1cc(C(C)(C)C)c2[nH]c(C(C)(C)C)c(C[C@H](NC(=O)[C@@H](N)CCCN=C(N)N)C(=O)N[C@@H](CCCN=C(N)N)C(=O)NCCc3ccccc3)c2c1.Cl.Cl.Cl. The van der Waals surface area contributed by atoms with Gasteiger partial charge in [-0.05, 0) is 71.3 Å². The molecule has 60 heavy (non-hydrogen) atoms. The number of hydrogen-bond acceptors (Lipinski definition) is 6. The van der Waals surface area contributed by atoms with Crippen LogP contribution in [0.15, 0.2) is 52.4 Å². The summed E-state index contributed by atoms with van der Waals surface area (Å²) in [5.41, 5.74) is 33.9. The molecule has 338 valence electrons. The van der Waals surface area contributed by atoms with E-state index in [0.29, 0.717) is 38.8 Å². The average molecular weight is 897 g/mol. The quantitative estimate of drug-likeness (QED) is 0.0493. The molecule has 14 nitrogen and oxygen atoms in total. The number of carbonyl (C=O) groups is 3. The molecule has 0 saturated heterocycles. The average Bonchev–Trinajstić information content (AvgIpc) is 3.48. The Morgan fingerprint density at radius 3 is 1.77 bits per heavy atom. The van der Waals surface area contributed by atoms with E-state index in [9.17, 15) is 14.4 Å². The summed E-state index contributed by atoms with van der Waals surface area (Å²) < 4.78 is 0. The van der Waals surface area contributed by atoms with Crippen LogP contribution in [0.2, 0.25) is 0 Å². The van der Waals surface area contributed by atoms with E-state index in [1.807, 2.05) is 30.3 Å². The van der Waals surface area contributed by atoms with E-state index in [4.69, 9.17) is 28.7 Å². The second-order valence-electron chi connectivity index (χ2n) is 18.0. The maximum absolute atomic E-state index is 14.6. The molecule has 1 heterocycles. The van der Waals surface area contributed by atoms with Crippen LogP contribution in [0.5, 0.6) is 0 Å². The number of aromatic amines is 1. The van der Waals surface area contributed by atoms with E-state index in [-0.39, 0.29) is 90.7 Å². The number of fused-ring (bicyclic) bond motifs is 1. The van der Waals surface area contributed by atoms with Crippen molar-refractivity contribution in [3.63, 3.8) is 0 Å². The minimum atomic E-state index is -1.09. The zero-order chi connectivity index (χ0) is 42.7. The molecule has 0 aliphatic carbocycles. The second-order valence-corrected chi connectivity index (χ2v) is 18.0. The number of aromatic nitrogens is 1. The highest BCUT2D eigenvalue weighted by molar-refractivity contribution is 5.95. The third kappa shape index (κ3) is 17.0. The van der Waals surface area contributed by atoms with Crippen molar-refractivity contribution >= 4 is 77.8 Å². The molecule has 0 aliphatic rings. The molecule has 2 aromatic carbocycles. The number of nitrogens with one attached hydrogen (secondary N) is 4. The molecule has 0 fully saturated rings. The highest BCUT2D eigenvalue weighted by Crippen LogP contribution is 2.40. The van der Waals surface area contributed by atoms with Crippen LogP contribution < -0.4 is 44.6 Å². The molecular formula is C43H72Cl3N11O3. The summed E-state index contributed by atoms with van der Waals surface area (Å²) in [5, 5.41) is 9.91. The van der Waals surface area contributed by atoms with Gasteiger partial charge in [-0.1, -0.05) is 98.7 Å². The second kappa shape index (κ2) is 24.3. The summed E-state index contributed by atoms with van der Waals surface area (Å²) >= 11 is 0. The van der Waals surface area contributed by atoms with E-state index < -0.39 is 29.9 Å². The summed E-state index contributed by atoms with van der Waals surface area (Å²) in [4.78, 5) is 53.9. The number of rotatable bonds is 18. The largest absolute Gasteiger partial charge is 0.370 e. The van der Waals surface area contributed by atoms with Crippen LogP contribution in [0.1, 0.15) is 116 Å². The number of nitrogens with two attached hydrogens (primary N) is 5. The number of amides is 3. The molecule has 1 aromatic heterocycles. The summed E-state index contributed by atoms with van der Waals surface area (Å²) in [6.07, 6.45) is 2.19. The zero-order valence-corrected chi connectivity index (χ0v) is 39.3. The first-order valence-corrected chi connectivity index (χ1v) is 20.0. The summed E-state index contributed by atoms with van der Waals surface area (Å²) in [6, 6.07) is 11.3. The summed E-state index contributed by atoms with van der Waals surface area (Å²) in [7, 11) is 0. The number of benzene rings is 2. The Hall–Kier alpha value is -4.24. The third-order valence-electron chi connectivity index (χ3n) is 9.92. The topological polar surface area (TPSA) is 258 Å². The predicted octanol–water partition coefficient (Wildman–Crippen LogP) is 4.63. The van der Waals surface area contributed by atoms with Gasteiger partial charge in [0.1, 0.15) is 12.1 Å². The Balaban J connectivity index is 0.0000116. The van der Waals surface area contributed by atoms with Gasteiger partial charge in [-0.25, -0.2) is 0 Å². The lowest BCUT2D eigenvalue weighted by molar-refractivity contribution is -0.132. The molecule has 0 aliphatic heterocycles. The monoisotopic (exact) mass is 895 g/mol. The molecule has 0 saturated carbocycles. The predicted molar refractivity (Wildman–Crippen MR) is 255 cm³/mol. The molecule has 0 unspecified atom stereocenters. The Bertz CT molecular complexity index is 1890. The van der Waals surface area contributed by atoms with Crippen molar-refractivity contribution in [3.05, 3.63) is 70.4 Å². The van der Waals surface area contributed by atoms with E-state index >= 15 is 0 Å². The lowest BCUT2D eigenvalue weighted by atomic mass is 9.78. The first kappa shape index (κ1) is 55.8. The Morgan fingerprint density at radius 1 is 0.700 bits per heavy atom. The van der Waals surface area contributed by atoms with Crippen molar-refractivity contribution in [1.82, 2.24) is 20.9 Å². The molecule has 0 radical (unpaired) electrons. The highest BCUT2D eigenvalue weighted by atomic mass is 35.5. The van der Waals surface area contributed by atoms with Gasteiger partial charge < -0.3 is 49.6 Å². The number of H-pyrrole nitrogens is 1. The number of aliphatic imine (C=N–C) groups is 2. The standard InChI is InChI=1S/C43H69N11O3.3ClH/c1-41(2,3)27-23-28-29(35(43(7,8)9)54-34(28)30(24-27)42(4,5)6)25-33(53-36(55)31(44)17-13-20-50-39(45)46)38(57)52-32(18-14-21-51-40(47)48)37(56)49-22-19-26-15-11-10-12-16-26;;;/h10-12,15-16,23-24,31-33,54H,13-14,17-22,25,44H2,1-9H3,(H,49,56)(H,52,57)(H,53,55)(H4,45,46,50)(H4,47,48,51);3*1H/t31-,32-,33-;;;/m0.../s1. The van der Waals surface area contributed by atoms with Gasteiger partial charge in [0.25, 0.3) is 0 Å². The fourth-order valence-corrected chi connectivity index (χ4v) is 6.71. The van der Waals surface area contributed by atoms with Crippen LogP contribution in [0.3, 0.4) is 0 Å². The van der Waals surface area contributed by atoms with Crippen LogP contribution in [-0.2, 0) is 43.5 Å². The van der Waals surface area contributed by atoms with Gasteiger partial charge in [0.15, 0.2) is 11.9 Å². The van der Waals surface area contributed by atoms with E-state index in [1.165, 1.54) is 0 Å². The Labute approximate surface area is 375 Å². The van der Waals surface area contributed by atoms with Gasteiger partial charge in [-0.2, -0.15) is 0 Å². The molecular weight excluding hydrogens is 825 g/mol. The number of guanidine groups is 2. The van der Waals surface area contributed by atoms with Gasteiger partial charge >= 0.3 is 0 Å². The van der Waals surface area contributed by atoms with Crippen molar-refractivity contribution < 1.29 is 14.4 Å². The summed E-state index contributed by atoms with van der Waals surface area (Å²) in [6.45, 7) is 20.4. The molecule has 3 atom stereocenters. The fraction of sp³-hybridized carbons (Fsp3) is 0.558. The first-order chi connectivity index (χ1) is 26.5. The van der Waals surface area contributed by atoms with E-state index in [2.05, 4.69) is 105 Å². The molecule has 14 N–H and O–H groups in total. The van der Waals surface area contributed by atoms with Crippen molar-refractivity contribution in [1.29, 1.82) is 0 Å². The molecule has 0 spiro atoms. The molecule has 3 amide bonds.